The Bertz CT molecular complexity index is 921. The van der Waals surface area contributed by atoms with Crippen LogP contribution >= 0.6 is 0 Å². The molecule has 4 aromatic rings. The van der Waals surface area contributed by atoms with Crippen LogP contribution in [0.2, 0.25) is 0 Å². The van der Waals surface area contributed by atoms with Gasteiger partial charge in [0.25, 0.3) is 0 Å². The summed E-state index contributed by atoms with van der Waals surface area (Å²) in [7, 11) is 0. The van der Waals surface area contributed by atoms with Crippen LogP contribution in [0.15, 0.2) is 42.7 Å². The molecule has 0 bridgehead atoms. The van der Waals surface area contributed by atoms with E-state index in [1.807, 2.05) is 18.5 Å². The summed E-state index contributed by atoms with van der Waals surface area (Å²) in [6.45, 7) is 2.22. The van der Waals surface area contributed by atoms with E-state index in [9.17, 15) is 0 Å². The molecule has 3 heterocycles. The highest BCUT2D eigenvalue weighted by Crippen LogP contribution is 2.32. The summed E-state index contributed by atoms with van der Waals surface area (Å²) in [6, 6.07) is 10.5. The van der Waals surface area contributed by atoms with E-state index < -0.39 is 0 Å². The molecule has 0 aliphatic carbocycles. The number of hydrogen-bond acceptors (Lipinski definition) is 2. The first kappa shape index (κ1) is 11.4. The minimum absolute atomic E-state index is 0.968. The van der Waals surface area contributed by atoms with Gasteiger partial charge in [-0.2, -0.15) is 0 Å². The Morgan fingerprint density at radius 1 is 1.10 bits per heavy atom. The largest absolute Gasteiger partial charge is 0.338 e. The molecule has 0 fully saturated rings. The first-order valence-corrected chi connectivity index (χ1v) is 7.01. The summed E-state index contributed by atoms with van der Waals surface area (Å²) < 4.78 is 0. The summed E-state index contributed by atoms with van der Waals surface area (Å²) in [4.78, 5) is 12.4. The second kappa shape index (κ2) is 4.30. The van der Waals surface area contributed by atoms with E-state index in [4.69, 9.17) is 4.98 Å². The van der Waals surface area contributed by atoms with Gasteiger partial charge in [0, 0.05) is 22.4 Å². The fourth-order valence-electron chi connectivity index (χ4n) is 3.01. The number of H-pyrrole nitrogens is 1. The molecule has 98 valence electrons. The van der Waals surface area contributed by atoms with Gasteiger partial charge in [-0.15, -0.1) is 0 Å². The van der Waals surface area contributed by atoms with E-state index in [0.717, 1.165) is 29.5 Å². The van der Waals surface area contributed by atoms with Gasteiger partial charge < -0.3 is 4.98 Å². The first-order valence-electron chi connectivity index (χ1n) is 7.01. The smallest absolute Gasteiger partial charge is 0.139 e. The van der Waals surface area contributed by atoms with Crippen molar-refractivity contribution in [1.29, 1.82) is 0 Å². The molecule has 1 aromatic carbocycles. The normalized spacial score (nSPS) is 11.7. The Labute approximate surface area is 116 Å². The van der Waals surface area contributed by atoms with Crippen molar-refractivity contribution in [3.05, 3.63) is 48.3 Å². The van der Waals surface area contributed by atoms with Crippen molar-refractivity contribution >= 4 is 32.8 Å². The number of aryl methyl sites for hydroxylation is 1. The summed E-state index contributed by atoms with van der Waals surface area (Å²) in [5, 5.41) is 3.74. The second-order valence-corrected chi connectivity index (χ2v) is 5.13. The number of aromatic amines is 1. The van der Waals surface area contributed by atoms with Crippen molar-refractivity contribution in [3.8, 4) is 0 Å². The number of rotatable bonds is 2. The Morgan fingerprint density at radius 3 is 2.90 bits per heavy atom. The zero-order chi connectivity index (χ0) is 13.5. The average Bonchev–Trinajstić information content (AvgIpc) is 2.85. The van der Waals surface area contributed by atoms with Crippen molar-refractivity contribution in [2.75, 3.05) is 0 Å². The first-order chi connectivity index (χ1) is 9.88. The van der Waals surface area contributed by atoms with Crippen LogP contribution in [0.1, 0.15) is 18.9 Å². The van der Waals surface area contributed by atoms with E-state index >= 15 is 0 Å². The Morgan fingerprint density at radius 2 is 2.00 bits per heavy atom. The maximum Gasteiger partial charge on any atom is 0.139 e. The van der Waals surface area contributed by atoms with Crippen LogP contribution in [0.25, 0.3) is 32.8 Å². The maximum atomic E-state index is 4.77. The molecule has 1 N–H and O–H groups in total. The molecule has 0 atom stereocenters. The quantitative estimate of drug-likeness (QED) is 0.587. The highest BCUT2D eigenvalue weighted by atomic mass is 14.9. The number of aromatic nitrogens is 3. The number of benzene rings is 1. The van der Waals surface area contributed by atoms with E-state index in [1.54, 1.807) is 0 Å². The number of nitrogens with zero attached hydrogens (tertiary/aromatic N) is 2. The zero-order valence-corrected chi connectivity index (χ0v) is 11.4. The number of fused-ring (bicyclic) bond motifs is 4. The highest BCUT2D eigenvalue weighted by molar-refractivity contribution is 6.11. The van der Waals surface area contributed by atoms with Gasteiger partial charge in [0.15, 0.2) is 0 Å². The van der Waals surface area contributed by atoms with Gasteiger partial charge in [-0.05, 0) is 24.1 Å². The van der Waals surface area contributed by atoms with Gasteiger partial charge in [0.1, 0.15) is 5.65 Å². The lowest BCUT2D eigenvalue weighted by Crippen LogP contribution is -1.91. The molecule has 0 unspecified atom stereocenters. The van der Waals surface area contributed by atoms with Crippen LogP contribution in [-0.2, 0) is 6.42 Å². The molecule has 0 spiro atoms. The predicted octanol–water partition coefficient (Wildman–Crippen LogP) is 4.22. The molecular formula is C17H15N3. The third-order valence-electron chi connectivity index (χ3n) is 3.84. The topological polar surface area (TPSA) is 41.6 Å². The van der Waals surface area contributed by atoms with Crippen LogP contribution in [0.5, 0.6) is 0 Å². The van der Waals surface area contributed by atoms with Gasteiger partial charge in [0.2, 0.25) is 0 Å². The Kier molecular flexibility index (Phi) is 2.46. The van der Waals surface area contributed by atoms with Gasteiger partial charge in [-0.25, -0.2) is 4.98 Å². The monoisotopic (exact) mass is 261 g/mol. The number of hydrogen-bond donors (Lipinski definition) is 1. The lowest BCUT2D eigenvalue weighted by molar-refractivity contribution is 0.936. The minimum atomic E-state index is 0.968. The van der Waals surface area contributed by atoms with Gasteiger partial charge in [0.05, 0.1) is 17.2 Å². The molecule has 0 amide bonds. The van der Waals surface area contributed by atoms with Crippen molar-refractivity contribution in [2.45, 2.75) is 19.8 Å². The number of nitrogens with one attached hydrogen (secondary N) is 1. The van der Waals surface area contributed by atoms with Crippen LogP contribution in [0.3, 0.4) is 0 Å². The van der Waals surface area contributed by atoms with Gasteiger partial charge >= 0.3 is 0 Å². The molecule has 3 nitrogen and oxygen atoms in total. The molecule has 0 radical (unpaired) electrons. The minimum Gasteiger partial charge on any atom is -0.338 e. The van der Waals surface area contributed by atoms with Crippen LogP contribution in [0, 0.1) is 0 Å². The highest BCUT2D eigenvalue weighted by Gasteiger charge is 2.13. The van der Waals surface area contributed by atoms with Crippen molar-refractivity contribution in [2.24, 2.45) is 0 Å². The van der Waals surface area contributed by atoms with Crippen molar-refractivity contribution in [1.82, 2.24) is 15.0 Å². The lowest BCUT2D eigenvalue weighted by atomic mass is 10.00. The maximum absolute atomic E-state index is 4.77. The molecule has 0 saturated carbocycles. The van der Waals surface area contributed by atoms with Gasteiger partial charge in [-0.1, -0.05) is 31.5 Å². The van der Waals surface area contributed by atoms with Gasteiger partial charge in [-0.3, -0.25) is 4.98 Å². The molecular weight excluding hydrogens is 246 g/mol. The molecule has 3 heteroatoms. The summed E-state index contributed by atoms with van der Waals surface area (Å²) >= 11 is 0. The average molecular weight is 261 g/mol. The van der Waals surface area contributed by atoms with Crippen LogP contribution in [-0.4, -0.2) is 15.0 Å². The molecule has 0 aliphatic rings. The summed E-state index contributed by atoms with van der Waals surface area (Å²) in [5.41, 5.74) is 4.48. The summed E-state index contributed by atoms with van der Waals surface area (Å²) in [5.74, 6) is 0. The second-order valence-electron chi connectivity index (χ2n) is 5.13. The van der Waals surface area contributed by atoms with Crippen LogP contribution < -0.4 is 0 Å². The van der Waals surface area contributed by atoms with Crippen molar-refractivity contribution in [3.63, 3.8) is 0 Å². The lowest BCUT2D eigenvalue weighted by Gasteiger charge is -2.07. The Balaban J connectivity index is 2.26. The van der Waals surface area contributed by atoms with E-state index in [0.29, 0.717) is 0 Å². The molecule has 0 saturated heterocycles. The number of pyridine rings is 2. The SMILES string of the molecule is CCCc1c2ccccc2nc2[nH]c3cnccc3c12. The molecule has 20 heavy (non-hydrogen) atoms. The van der Waals surface area contributed by atoms with E-state index in [2.05, 4.69) is 41.2 Å². The van der Waals surface area contributed by atoms with Crippen LogP contribution in [0.4, 0.5) is 0 Å². The molecule has 0 aliphatic heterocycles. The van der Waals surface area contributed by atoms with E-state index in [1.165, 1.54) is 21.7 Å². The summed E-state index contributed by atoms with van der Waals surface area (Å²) in [6.07, 6.45) is 5.91. The predicted molar refractivity (Wildman–Crippen MR) is 82.9 cm³/mol. The fourth-order valence-corrected chi connectivity index (χ4v) is 3.01. The Hall–Kier alpha value is -2.42. The fraction of sp³-hybridized carbons (Fsp3) is 0.176. The third kappa shape index (κ3) is 1.53. The molecule has 3 aromatic heterocycles. The third-order valence-corrected chi connectivity index (χ3v) is 3.84. The molecule has 4 rings (SSSR count). The van der Waals surface area contributed by atoms with E-state index in [-0.39, 0.29) is 0 Å². The standard InChI is InChI=1S/C17H15N3/c1-2-5-12-11-6-3-4-7-14(11)19-17-16(12)13-8-9-18-10-15(13)20-17/h3-4,6-10H,2,5H2,1H3,(H,19,20). The van der Waals surface area contributed by atoms with Crippen molar-refractivity contribution < 1.29 is 0 Å². The number of para-hydroxylation sites is 1. The zero-order valence-electron chi connectivity index (χ0n) is 11.4.